The van der Waals surface area contributed by atoms with Crippen molar-refractivity contribution in [3.8, 4) is 0 Å². The van der Waals surface area contributed by atoms with Crippen LogP contribution in [0.1, 0.15) is 0 Å². The average molecular weight is 158 g/mol. The Kier molecular flexibility index (Phi) is 2.73. The minimum Gasteiger partial charge on any atom is -0.394 e. The molecule has 0 aliphatic carbocycles. The normalized spacial score (nSPS) is 19.5. The molecule has 0 saturated heterocycles. The van der Waals surface area contributed by atoms with E-state index in [0.717, 1.165) is 6.67 Å². The lowest BCUT2D eigenvalue weighted by molar-refractivity contribution is 0.0683. The number of nitrogens with zero attached hydrogens (tertiary/aromatic N) is 2. The number of β-amino-alcohol motifs (C(OH)–C–C–N with tert-alkyl or cyclic N) is 1. The van der Waals surface area contributed by atoms with Crippen molar-refractivity contribution < 1.29 is 10.2 Å². The van der Waals surface area contributed by atoms with E-state index in [4.69, 9.17) is 10.2 Å². The number of aliphatic hydroxyl groups excluding tert-OH is 2. The van der Waals surface area contributed by atoms with Gasteiger partial charge in [-0.2, -0.15) is 0 Å². The Labute approximate surface area is 66.3 Å². The third-order valence-electron chi connectivity index (χ3n) is 1.59. The largest absolute Gasteiger partial charge is 0.394 e. The zero-order valence-electron chi connectivity index (χ0n) is 6.64. The van der Waals surface area contributed by atoms with E-state index in [2.05, 4.69) is 0 Å². The molecule has 4 heteroatoms. The Bertz CT molecular complexity index is 149. The maximum absolute atomic E-state index is 9.06. The molecule has 11 heavy (non-hydrogen) atoms. The van der Waals surface area contributed by atoms with E-state index in [1.54, 1.807) is 0 Å². The van der Waals surface area contributed by atoms with Gasteiger partial charge in [-0.3, -0.25) is 0 Å². The van der Waals surface area contributed by atoms with E-state index < -0.39 is 6.10 Å². The summed E-state index contributed by atoms with van der Waals surface area (Å²) in [7, 11) is 1.96. The molecule has 1 heterocycles. The molecule has 0 aromatic heterocycles. The van der Waals surface area contributed by atoms with Crippen molar-refractivity contribution in [2.45, 2.75) is 6.10 Å². The molecule has 1 aliphatic rings. The van der Waals surface area contributed by atoms with E-state index >= 15 is 0 Å². The van der Waals surface area contributed by atoms with Gasteiger partial charge in [-0.25, -0.2) is 0 Å². The van der Waals surface area contributed by atoms with Crippen molar-refractivity contribution in [1.29, 1.82) is 0 Å². The lowest BCUT2D eigenvalue weighted by Crippen LogP contribution is -2.32. The summed E-state index contributed by atoms with van der Waals surface area (Å²) in [5, 5.41) is 17.6. The summed E-state index contributed by atoms with van der Waals surface area (Å²) in [6, 6.07) is 0. The highest BCUT2D eigenvalue weighted by Crippen LogP contribution is 2.03. The van der Waals surface area contributed by atoms with Gasteiger partial charge >= 0.3 is 0 Å². The molecule has 1 rings (SSSR count). The molecule has 4 nitrogen and oxygen atoms in total. The van der Waals surface area contributed by atoms with Crippen LogP contribution in [0.15, 0.2) is 12.4 Å². The zero-order valence-corrected chi connectivity index (χ0v) is 6.64. The van der Waals surface area contributed by atoms with Crippen LogP contribution in [0.3, 0.4) is 0 Å². The Morgan fingerprint density at radius 1 is 1.55 bits per heavy atom. The van der Waals surface area contributed by atoms with Crippen LogP contribution in [0.25, 0.3) is 0 Å². The topological polar surface area (TPSA) is 46.9 Å². The lowest BCUT2D eigenvalue weighted by atomic mass is 10.3. The average Bonchev–Trinajstić information content (AvgIpc) is 2.35. The van der Waals surface area contributed by atoms with Gasteiger partial charge in [0.2, 0.25) is 0 Å². The third-order valence-corrected chi connectivity index (χ3v) is 1.59. The number of hydrogen-bond donors (Lipinski definition) is 2. The van der Waals surface area contributed by atoms with Crippen LogP contribution in [0.5, 0.6) is 0 Å². The molecule has 0 amide bonds. The number of hydrogen-bond acceptors (Lipinski definition) is 4. The van der Waals surface area contributed by atoms with Crippen LogP contribution >= 0.6 is 0 Å². The van der Waals surface area contributed by atoms with Crippen molar-refractivity contribution in [2.75, 3.05) is 26.9 Å². The van der Waals surface area contributed by atoms with Crippen molar-refractivity contribution >= 4 is 0 Å². The number of rotatable bonds is 3. The fourth-order valence-electron chi connectivity index (χ4n) is 1.04. The highest BCUT2D eigenvalue weighted by Gasteiger charge is 2.11. The maximum Gasteiger partial charge on any atom is 0.0945 e. The molecule has 2 N–H and O–H groups in total. The molecule has 1 unspecified atom stereocenters. The Morgan fingerprint density at radius 2 is 2.27 bits per heavy atom. The van der Waals surface area contributed by atoms with Gasteiger partial charge < -0.3 is 20.0 Å². The Morgan fingerprint density at radius 3 is 2.73 bits per heavy atom. The minimum absolute atomic E-state index is 0.173. The Balaban J connectivity index is 2.24. The number of aliphatic hydroxyl groups is 2. The summed E-state index contributed by atoms with van der Waals surface area (Å²) in [6.07, 6.45) is 3.20. The Hall–Kier alpha value is -0.740. The molecule has 0 spiro atoms. The highest BCUT2D eigenvalue weighted by molar-refractivity contribution is 4.89. The molecule has 0 radical (unpaired) electrons. The lowest BCUT2D eigenvalue weighted by Gasteiger charge is -2.20. The van der Waals surface area contributed by atoms with Crippen molar-refractivity contribution in [2.24, 2.45) is 0 Å². The summed E-state index contributed by atoms with van der Waals surface area (Å²) in [5.41, 5.74) is 0. The molecule has 0 bridgehead atoms. The predicted octanol–water partition coefficient (Wildman–Crippen LogP) is -0.984. The second kappa shape index (κ2) is 3.59. The van der Waals surface area contributed by atoms with Gasteiger partial charge in [0.25, 0.3) is 0 Å². The van der Waals surface area contributed by atoms with Crippen LogP contribution in [0.2, 0.25) is 0 Å². The van der Waals surface area contributed by atoms with Gasteiger partial charge in [0.1, 0.15) is 0 Å². The molecule has 0 aromatic carbocycles. The van der Waals surface area contributed by atoms with Gasteiger partial charge in [0.05, 0.1) is 19.4 Å². The first-order valence-electron chi connectivity index (χ1n) is 3.64. The van der Waals surface area contributed by atoms with E-state index in [0.29, 0.717) is 6.54 Å². The summed E-state index contributed by atoms with van der Waals surface area (Å²) in [4.78, 5) is 3.95. The third kappa shape index (κ3) is 2.40. The first-order valence-corrected chi connectivity index (χ1v) is 3.64. The molecule has 1 aliphatic heterocycles. The molecule has 0 fully saturated rings. The van der Waals surface area contributed by atoms with Gasteiger partial charge in [-0.1, -0.05) is 0 Å². The maximum atomic E-state index is 9.06. The van der Waals surface area contributed by atoms with E-state index in [1.165, 1.54) is 0 Å². The first kappa shape index (κ1) is 8.36. The second-order valence-electron chi connectivity index (χ2n) is 2.80. The van der Waals surface area contributed by atoms with Gasteiger partial charge in [0, 0.05) is 26.0 Å². The first-order chi connectivity index (χ1) is 5.22. The van der Waals surface area contributed by atoms with E-state index in [9.17, 15) is 0 Å². The highest BCUT2D eigenvalue weighted by atomic mass is 16.3. The molecule has 1 atom stereocenters. The quantitative estimate of drug-likeness (QED) is 0.554. The van der Waals surface area contributed by atoms with Gasteiger partial charge in [0.15, 0.2) is 0 Å². The predicted molar refractivity (Wildman–Crippen MR) is 41.6 cm³/mol. The summed E-state index contributed by atoms with van der Waals surface area (Å²) >= 11 is 0. The zero-order chi connectivity index (χ0) is 8.27. The summed E-state index contributed by atoms with van der Waals surface area (Å²) in [6.45, 7) is 1.11. The van der Waals surface area contributed by atoms with Crippen LogP contribution in [-0.4, -0.2) is 53.0 Å². The van der Waals surface area contributed by atoms with Crippen LogP contribution in [-0.2, 0) is 0 Å². The van der Waals surface area contributed by atoms with E-state index in [1.807, 2.05) is 29.2 Å². The molecule has 0 aromatic rings. The fourth-order valence-corrected chi connectivity index (χ4v) is 1.04. The molecular formula is C7H14N2O2. The van der Waals surface area contributed by atoms with Crippen LogP contribution in [0.4, 0.5) is 0 Å². The van der Waals surface area contributed by atoms with Crippen LogP contribution in [0, 0.1) is 0 Å². The SMILES string of the molecule is CN1C=CN(CC(O)CO)C1. The summed E-state index contributed by atoms with van der Waals surface area (Å²) < 4.78 is 0. The molecular weight excluding hydrogens is 144 g/mol. The van der Waals surface area contributed by atoms with Crippen molar-refractivity contribution in [3.63, 3.8) is 0 Å². The second-order valence-corrected chi connectivity index (χ2v) is 2.80. The minimum atomic E-state index is -0.633. The monoisotopic (exact) mass is 158 g/mol. The van der Waals surface area contributed by atoms with Crippen LogP contribution < -0.4 is 0 Å². The van der Waals surface area contributed by atoms with Gasteiger partial charge in [-0.05, 0) is 0 Å². The van der Waals surface area contributed by atoms with E-state index in [-0.39, 0.29) is 6.61 Å². The molecule has 64 valence electrons. The molecule has 0 saturated carbocycles. The van der Waals surface area contributed by atoms with Crippen molar-refractivity contribution in [1.82, 2.24) is 9.80 Å². The fraction of sp³-hybridized carbons (Fsp3) is 0.714. The summed E-state index contributed by atoms with van der Waals surface area (Å²) in [5.74, 6) is 0. The van der Waals surface area contributed by atoms with Gasteiger partial charge in [-0.15, -0.1) is 0 Å². The smallest absolute Gasteiger partial charge is 0.0945 e. The standard InChI is InChI=1S/C7H14N2O2/c1-8-2-3-9(6-8)4-7(11)5-10/h2-3,7,10-11H,4-6H2,1H3. The van der Waals surface area contributed by atoms with Crippen molar-refractivity contribution in [3.05, 3.63) is 12.4 Å².